The standard InChI is InChI=1S/C15H22N2O2/c1-10(2)11-5-6-14(19-4)13(7-11)17(3)15(18)12-8-16-9-12/h5-7,10,12,16H,8-9H2,1-4H3. The number of amides is 1. The predicted octanol–water partition coefficient (Wildman–Crippen LogP) is 2.00. The van der Waals surface area contributed by atoms with Crippen molar-refractivity contribution < 1.29 is 9.53 Å². The molecule has 1 N–H and O–H groups in total. The molecule has 1 amide bonds. The lowest BCUT2D eigenvalue weighted by atomic mass is 9.99. The molecule has 0 spiro atoms. The van der Waals surface area contributed by atoms with E-state index < -0.39 is 0 Å². The van der Waals surface area contributed by atoms with Crippen molar-refractivity contribution in [1.82, 2.24) is 5.32 Å². The molecule has 2 rings (SSSR count). The summed E-state index contributed by atoms with van der Waals surface area (Å²) in [4.78, 5) is 14.0. The Hall–Kier alpha value is -1.55. The number of carbonyl (C=O) groups excluding carboxylic acids is 1. The summed E-state index contributed by atoms with van der Waals surface area (Å²) < 4.78 is 5.37. The van der Waals surface area contributed by atoms with Crippen molar-refractivity contribution >= 4 is 11.6 Å². The van der Waals surface area contributed by atoms with Gasteiger partial charge in [-0.1, -0.05) is 19.9 Å². The zero-order chi connectivity index (χ0) is 14.0. The van der Waals surface area contributed by atoms with Crippen LogP contribution in [0.4, 0.5) is 5.69 Å². The first kappa shape index (κ1) is 13.9. The van der Waals surface area contributed by atoms with E-state index in [0.717, 1.165) is 24.5 Å². The number of rotatable bonds is 4. The lowest BCUT2D eigenvalue weighted by Crippen LogP contribution is -2.51. The van der Waals surface area contributed by atoms with Gasteiger partial charge in [0, 0.05) is 20.1 Å². The van der Waals surface area contributed by atoms with Crippen LogP contribution in [-0.4, -0.2) is 33.2 Å². The van der Waals surface area contributed by atoms with Gasteiger partial charge in [-0.25, -0.2) is 0 Å². The molecule has 0 unspecified atom stereocenters. The molecule has 1 saturated heterocycles. The topological polar surface area (TPSA) is 41.6 Å². The second-order valence-corrected chi connectivity index (χ2v) is 5.34. The summed E-state index contributed by atoms with van der Waals surface area (Å²) in [6.45, 7) is 5.83. The number of nitrogens with zero attached hydrogens (tertiary/aromatic N) is 1. The largest absolute Gasteiger partial charge is 0.495 e. The Bertz CT molecular complexity index is 467. The number of ether oxygens (including phenoxy) is 1. The molecule has 0 atom stereocenters. The first-order chi connectivity index (χ1) is 9.04. The molecule has 0 aliphatic carbocycles. The fourth-order valence-corrected chi connectivity index (χ4v) is 2.18. The first-order valence-electron chi connectivity index (χ1n) is 6.70. The molecule has 1 aliphatic rings. The van der Waals surface area contributed by atoms with E-state index in [1.54, 1.807) is 12.0 Å². The van der Waals surface area contributed by atoms with Gasteiger partial charge in [0.25, 0.3) is 0 Å². The van der Waals surface area contributed by atoms with E-state index in [1.165, 1.54) is 5.56 Å². The van der Waals surface area contributed by atoms with Gasteiger partial charge in [0.1, 0.15) is 5.75 Å². The number of anilines is 1. The molecular weight excluding hydrogens is 240 g/mol. The van der Waals surface area contributed by atoms with Gasteiger partial charge in [-0.05, 0) is 23.6 Å². The quantitative estimate of drug-likeness (QED) is 0.902. The van der Waals surface area contributed by atoms with Crippen molar-refractivity contribution in [3.63, 3.8) is 0 Å². The van der Waals surface area contributed by atoms with Crippen molar-refractivity contribution in [2.24, 2.45) is 5.92 Å². The Balaban J connectivity index is 2.29. The molecule has 0 bridgehead atoms. The second kappa shape index (κ2) is 5.61. The van der Waals surface area contributed by atoms with E-state index >= 15 is 0 Å². The van der Waals surface area contributed by atoms with Crippen LogP contribution in [-0.2, 0) is 4.79 Å². The zero-order valence-electron chi connectivity index (χ0n) is 12.1. The molecule has 1 aromatic rings. The highest BCUT2D eigenvalue weighted by Crippen LogP contribution is 2.32. The van der Waals surface area contributed by atoms with Gasteiger partial charge in [-0.2, -0.15) is 0 Å². The predicted molar refractivity (Wildman–Crippen MR) is 76.9 cm³/mol. The SMILES string of the molecule is COc1ccc(C(C)C)cc1N(C)C(=O)C1CNC1. The van der Waals surface area contributed by atoms with Gasteiger partial charge >= 0.3 is 0 Å². The molecule has 19 heavy (non-hydrogen) atoms. The third-order valence-corrected chi connectivity index (χ3v) is 3.69. The van der Waals surface area contributed by atoms with Crippen LogP contribution in [0.25, 0.3) is 0 Å². The van der Waals surface area contributed by atoms with Gasteiger partial charge < -0.3 is 15.0 Å². The highest BCUT2D eigenvalue weighted by Gasteiger charge is 2.29. The van der Waals surface area contributed by atoms with E-state index in [2.05, 4.69) is 25.2 Å². The van der Waals surface area contributed by atoms with Gasteiger partial charge in [-0.3, -0.25) is 4.79 Å². The Morgan fingerprint density at radius 1 is 1.42 bits per heavy atom. The molecular formula is C15H22N2O2. The molecule has 104 valence electrons. The van der Waals surface area contributed by atoms with Crippen molar-refractivity contribution in [2.75, 3.05) is 32.1 Å². The summed E-state index contributed by atoms with van der Waals surface area (Å²) in [6.07, 6.45) is 0. The third-order valence-electron chi connectivity index (χ3n) is 3.69. The number of methoxy groups -OCH3 is 1. The normalized spacial score (nSPS) is 15.2. The summed E-state index contributed by atoms with van der Waals surface area (Å²) in [5, 5.41) is 3.13. The van der Waals surface area contributed by atoms with Crippen LogP contribution >= 0.6 is 0 Å². The Kier molecular flexibility index (Phi) is 4.10. The van der Waals surface area contributed by atoms with Gasteiger partial charge in [-0.15, -0.1) is 0 Å². The monoisotopic (exact) mass is 262 g/mol. The van der Waals surface area contributed by atoms with Crippen LogP contribution in [0.1, 0.15) is 25.3 Å². The molecule has 0 aromatic heterocycles. The molecule has 0 radical (unpaired) electrons. The summed E-state index contributed by atoms with van der Waals surface area (Å²) >= 11 is 0. The minimum Gasteiger partial charge on any atom is -0.495 e. The van der Waals surface area contributed by atoms with Gasteiger partial charge in [0.05, 0.1) is 18.7 Å². The minimum absolute atomic E-state index is 0.0948. The fraction of sp³-hybridized carbons (Fsp3) is 0.533. The van der Waals surface area contributed by atoms with E-state index in [9.17, 15) is 4.79 Å². The first-order valence-corrected chi connectivity index (χ1v) is 6.70. The Morgan fingerprint density at radius 2 is 2.11 bits per heavy atom. The van der Waals surface area contributed by atoms with Crippen molar-refractivity contribution in [2.45, 2.75) is 19.8 Å². The maximum atomic E-state index is 12.3. The summed E-state index contributed by atoms with van der Waals surface area (Å²) in [5.41, 5.74) is 2.06. The number of carbonyl (C=O) groups is 1. The Morgan fingerprint density at radius 3 is 2.58 bits per heavy atom. The van der Waals surface area contributed by atoms with Gasteiger partial charge in [0.2, 0.25) is 5.91 Å². The second-order valence-electron chi connectivity index (χ2n) is 5.34. The van der Waals surface area contributed by atoms with Crippen molar-refractivity contribution in [1.29, 1.82) is 0 Å². The molecule has 0 saturated carbocycles. The average Bonchev–Trinajstić information content (AvgIpc) is 2.34. The van der Waals surface area contributed by atoms with Crippen LogP contribution in [0.3, 0.4) is 0 Å². The molecule has 1 aliphatic heterocycles. The Labute approximate surface area is 114 Å². The fourth-order valence-electron chi connectivity index (χ4n) is 2.18. The summed E-state index contributed by atoms with van der Waals surface area (Å²) in [6, 6.07) is 6.04. The highest BCUT2D eigenvalue weighted by atomic mass is 16.5. The van der Waals surface area contributed by atoms with Crippen molar-refractivity contribution in [3.8, 4) is 5.75 Å². The minimum atomic E-state index is 0.0948. The lowest BCUT2D eigenvalue weighted by molar-refractivity contribution is -0.123. The van der Waals surface area contributed by atoms with Crippen LogP contribution < -0.4 is 15.0 Å². The van der Waals surface area contributed by atoms with Crippen LogP contribution in [0.15, 0.2) is 18.2 Å². The smallest absolute Gasteiger partial charge is 0.232 e. The van der Waals surface area contributed by atoms with Crippen LogP contribution in [0.2, 0.25) is 0 Å². The molecule has 1 aromatic carbocycles. The number of hydrogen-bond acceptors (Lipinski definition) is 3. The van der Waals surface area contributed by atoms with Gasteiger partial charge in [0.15, 0.2) is 0 Å². The summed E-state index contributed by atoms with van der Waals surface area (Å²) in [7, 11) is 3.46. The molecule has 4 nitrogen and oxygen atoms in total. The zero-order valence-corrected chi connectivity index (χ0v) is 12.1. The highest BCUT2D eigenvalue weighted by molar-refractivity contribution is 5.96. The molecule has 1 fully saturated rings. The van der Waals surface area contributed by atoms with E-state index in [1.807, 2.05) is 19.2 Å². The lowest BCUT2D eigenvalue weighted by Gasteiger charge is -2.31. The van der Waals surface area contributed by atoms with E-state index in [4.69, 9.17) is 4.74 Å². The third kappa shape index (κ3) is 2.73. The van der Waals surface area contributed by atoms with Crippen molar-refractivity contribution in [3.05, 3.63) is 23.8 Å². The molecule has 4 heteroatoms. The maximum Gasteiger partial charge on any atom is 0.232 e. The van der Waals surface area contributed by atoms with E-state index in [-0.39, 0.29) is 11.8 Å². The number of hydrogen-bond donors (Lipinski definition) is 1. The average molecular weight is 262 g/mol. The number of benzene rings is 1. The maximum absolute atomic E-state index is 12.3. The van der Waals surface area contributed by atoms with Crippen LogP contribution in [0.5, 0.6) is 5.75 Å². The number of nitrogens with one attached hydrogen (secondary N) is 1. The van der Waals surface area contributed by atoms with E-state index in [0.29, 0.717) is 5.92 Å². The summed E-state index contributed by atoms with van der Waals surface area (Å²) in [5.74, 6) is 1.42. The molecule has 1 heterocycles. The van der Waals surface area contributed by atoms with Crippen LogP contribution in [0, 0.1) is 5.92 Å².